The third-order valence-electron chi connectivity index (χ3n) is 3.59. The summed E-state index contributed by atoms with van der Waals surface area (Å²) in [5.74, 6) is 1.55. The molecule has 0 bridgehead atoms. The summed E-state index contributed by atoms with van der Waals surface area (Å²) in [4.78, 5) is 10.8. The molecule has 6 heteroatoms. The largest absolute Gasteiger partial charge is 0.352 e. The first-order valence-corrected chi connectivity index (χ1v) is 6.69. The van der Waals surface area contributed by atoms with Gasteiger partial charge in [0, 0.05) is 12.6 Å². The van der Waals surface area contributed by atoms with Crippen molar-refractivity contribution in [1.82, 2.24) is 19.6 Å². The summed E-state index contributed by atoms with van der Waals surface area (Å²) in [7, 11) is 0. The van der Waals surface area contributed by atoms with E-state index in [1.54, 1.807) is 4.52 Å². The highest BCUT2D eigenvalue weighted by molar-refractivity contribution is 6.33. The first-order chi connectivity index (χ1) is 8.68. The van der Waals surface area contributed by atoms with Crippen molar-refractivity contribution in [2.24, 2.45) is 0 Å². The molecule has 18 heavy (non-hydrogen) atoms. The summed E-state index contributed by atoms with van der Waals surface area (Å²) in [6, 6.07) is 0.477. The van der Waals surface area contributed by atoms with Gasteiger partial charge in [0.2, 0.25) is 0 Å². The van der Waals surface area contributed by atoms with Crippen LogP contribution in [0.4, 0.5) is 5.82 Å². The second-order valence-corrected chi connectivity index (χ2v) is 5.22. The molecular weight excluding hydrogens is 250 g/mol. The molecule has 1 aliphatic heterocycles. The van der Waals surface area contributed by atoms with E-state index in [1.165, 1.54) is 25.6 Å². The molecule has 0 saturated carbocycles. The predicted octanol–water partition coefficient (Wildman–Crippen LogP) is 2.46. The van der Waals surface area contributed by atoms with Gasteiger partial charge in [-0.25, -0.2) is 4.98 Å². The number of rotatable bonds is 1. The highest BCUT2D eigenvalue weighted by Gasteiger charge is 2.25. The van der Waals surface area contributed by atoms with Crippen LogP contribution in [0.3, 0.4) is 0 Å². The quantitative estimate of drug-likeness (QED) is 0.795. The Kier molecular flexibility index (Phi) is 2.86. The first-order valence-electron chi connectivity index (χ1n) is 6.31. The van der Waals surface area contributed by atoms with E-state index in [0.717, 1.165) is 18.1 Å². The average Bonchev–Trinajstić information content (AvgIpc) is 2.80. The van der Waals surface area contributed by atoms with Crippen LogP contribution < -0.4 is 4.90 Å². The predicted molar refractivity (Wildman–Crippen MR) is 71.2 cm³/mol. The van der Waals surface area contributed by atoms with Gasteiger partial charge in [0.25, 0.3) is 5.78 Å². The van der Waals surface area contributed by atoms with Crippen LogP contribution in [0.2, 0.25) is 5.02 Å². The summed E-state index contributed by atoms with van der Waals surface area (Å²) in [5.41, 5.74) is 0.810. The van der Waals surface area contributed by atoms with Crippen molar-refractivity contribution in [3.8, 4) is 0 Å². The van der Waals surface area contributed by atoms with Crippen molar-refractivity contribution in [2.75, 3.05) is 11.4 Å². The maximum absolute atomic E-state index is 6.43. The fraction of sp³-hybridized carbons (Fsp3) is 0.583. The fourth-order valence-electron chi connectivity index (χ4n) is 2.58. The van der Waals surface area contributed by atoms with Crippen LogP contribution >= 0.6 is 11.6 Å². The molecule has 1 fully saturated rings. The minimum Gasteiger partial charge on any atom is -0.352 e. The smallest absolute Gasteiger partial charge is 0.254 e. The van der Waals surface area contributed by atoms with E-state index in [9.17, 15) is 0 Å². The summed E-state index contributed by atoms with van der Waals surface area (Å²) in [6.45, 7) is 5.16. The molecule has 0 radical (unpaired) electrons. The van der Waals surface area contributed by atoms with Crippen LogP contribution in [0, 0.1) is 6.92 Å². The van der Waals surface area contributed by atoms with Gasteiger partial charge in [0.1, 0.15) is 11.3 Å². The van der Waals surface area contributed by atoms with Gasteiger partial charge in [0.15, 0.2) is 5.82 Å². The summed E-state index contributed by atoms with van der Waals surface area (Å²) in [5, 5.41) is 4.93. The second kappa shape index (κ2) is 4.39. The number of hydrogen-bond donors (Lipinski definition) is 0. The number of fused-ring (bicyclic) bond motifs is 1. The van der Waals surface area contributed by atoms with E-state index in [0.29, 0.717) is 16.8 Å². The molecule has 0 amide bonds. The lowest BCUT2D eigenvalue weighted by molar-refractivity contribution is 0.477. The monoisotopic (exact) mass is 265 g/mol. The van der Waals surface area contributed by atoms with E-state index in [4.69, 9.17) is 11.6 Å². The zero-order valence-corrected chi connectivity index (χ0v) is 11.4. The van der Waals surface area contributed by atoms with Gasteiger partial charge in [-0.3, -0.25) is 0 Å². The molecule has 0 aromatic carbocycles. The minimum atomic E-state index is 0.477. The number of anilines is 1. The van der Waals surface area contributed by atoms with Crippen molar-refractivity contribution in [1.29, 1.82) is 0 Å². The van der Waals surface area contributed by atoms with Crippen molar-refractivity contribution in [3.63, 3.8) is 0 Å². The Balaban J connectivity index is 2.19. The number of aromatic nitrogens is 4. The Morgan fingerprint density at radius 1 is 1.39 bits per heavy atom. The maximum atomic E-state index is 6.43. The van der Waals surface area contributed by atoms with Crippen LogP contribution in [0.5, 0.6) is 0 Å². The van der Waals surface area contributed by atoms with E-state index in [1.807, 2.05) is 6.92 Å². The molecule has 1 aliphatic rings. The number of nitrogens with zero attached hydrogens (tertiary/aromatic N) is 5. The van der Waals surface area contributed by atoms with Gasteiger partial charge in [-0.15, -0.1) is 0 Å². The van der Waals surface area contributed by atoms with Gasteiger partial charge in [-0.1, -0.05) is 11.6 Å². The molecule has 3 rings (SSSR count). The maximum Gasteiger partial charge on any atom is 0.254 e. The lowest BCUT2D eigenvalue weighted by Crippen LogP contribution is -2.39. The van der Waals surface area contributed by atoms with Crippen molar-refractivity contribution >= 4 is 23.2 Å². The molecule has 0 N–H and O–H groups in total. The Bertz CT molecular complexity index is 579. The summed E-state index contributed by atoms with van der Waals surface area (Å²) < 4.78 is 1.75. The zero-order chi connectivity index (χ0) is 12.7. The van der Waals surface area contributed by atoms with Crippen LogP contribution in [-0.4, -0.2) is 32.2 Å². The van der Waals surface area contributed by atoms with Gasteiger partial charge in [-0.2, -0.15) is 14.6 Å². The molecule has 96 valence electrons. The van der Waals surface area contributed by atoms with Gasteiger partial charge < -0.3 is 4.90 Å². The number of hydrogen-bond acceptors (Lipinski definition) is 4. The zero-order valence-electron chi connectivity index (χ0n) is 10.6. The SMILES string of the molecule is Cc1nc2ncnn2c(N2CCCCC2C)c1Cl. The van der Waals surface area contributed by atoms with E-state index < -0.39 is 0 Å². The third-order valence-corrected chi connectivity index (χ3v) is 4.03. The Morgan fingerprint density at radius 3 is 3.00 bits per heavy atom. The normalized spacial score (nSPS) is 20.6. The van der Waals surface area contributed by atoms with Crippen molar-refractivity contribution in [2.45, 2.75) is 39.2 Å². The molecule has 5 nitrogen and oxygen atoms in total. The molecule has 3 heterocycles. The Labute approximate surface area is 111 Å². The number of halogens is 1. The molecule has 0 aliphatic carbocycles. The van der Waals surface area contributed by atoms with E-state index in [-0.39, 0.29) is 0 Å². The van der Waals surface area contributed by atoms with Crippen LogP contribution in [0.25, 0.3) is 5.78 Å². The topological polar surface area (TPSA) is 46.3 Å². The molecule has 1 atom stereocenters. The molecular formula is C12H16ClN5. The number of aryl methyl sites for hydroxylation is 1. The molecule has 1 unspecified atom stereocenters. The lowest BCUT2D eigenvalue weighted by Gasteiger charge is -2.35. The van der Waals surface area contributed by atoms with E-state index >= 15 is 0 Å². The summed E-state index contributed by atoms with van der Waals surface area (Å²) >= 11 is 6.43. The first kappa shape index (κ1) is 11.7. The van der Waals surface area contributed by atoms with Crippen molar-refractivity contribution < 1.29 is 0 Å². The lowest BCUT2D eigenvalue weighted by atomic mass is 10.0. The highest BCUT2D eigenvalue weighted by Crippen LogP contribution is 2.32. The Hall–Kier alpha value is -1.36. The van der Waals surface area contributed by atoms with Gasteiger partial charge >= 0.3 is 0 Å². The standard InChI is InChI=1S/C12H16ClN5/c1-8-5-3-4-6-17(8)11-10(13)9(2)16-12-14-7-15-18(11)12/h7-8H,3-6H2,1-2H3. The highest BCUT2D eigenvalue weighted by atomic mass is 35.5. The molecule has 2 aromatic rings. The third kappa shape index (κ3) is 1.73. The Morgan fingerprint density at radius 2 is 2.22 bits per heavy atom. The fourth-order valence-corrected chi connectivity index (χ4v) is 2.81. The number of piperidine rings is 1. The van der Waals surface area contributed by atoms with Crippen LogP contribution in [0.1, 0.15) is 31.9 Å². The minimum absolute atomic E-state index is 0.477. The molecule has 2 aromatic heterocycles. The average molecular weight is 266 g/mol. The second-order valence-electron chi connectivity index (χ2n) is 4.84. The van der Waals surface area contributed by atoms with Gasteiger partial charge in [-0.05, 0) is 33.1 Å². The molecule has 0 spiro atoms. The molecule has 1 saturated heterocycles. The van der Waals surface area contributed by atoms with Crippen molar-refractivity contribution in [3.05, 3.63) is 17.0 Å². The van der Waals surface area contributed by atoms with Gasteiger partial charge in [0.05, 0.1) is 5.69 Å². The van der Waals surface area contributed by atoms with E-state index in [2.05, 4.69) is 26.9 Å². The van der Waals surface area contributed by atoms with Crippen LogP contribution in [0.15, 0.2) is 6.33 Å². The van der Waals surface area contributed by atoms with Crippen LogP contribution in [-0.2, 0) is 0 Å². The summed E-state index contributed by atoms with van der Waals surface area (Å²) in [6.07, 6.45) is 5.18.